The lowest BCUT2D eigenvalue weighted by Gasteiger charge is -2.27. The first-order valence-corrected chi connectivity index (χ1v) is 7.51. The minimum atomic E-state index is 0.276. The number of nitrogens with one attached hydrogen (secondary N) is 1. The molecular weight excluding hydrogens is 254 g/mol. The molecule has 1 aromatic heterocycles. The third kappa shape index (κ3) is 4.34. The molecule has 0 aliphatic heterocycles. The van der Waals surface area contributed by atoms with Crippen molar-refractivity contribution in [2.75, 3.05) is 19.0 Å². The molecule has 1 heterocycles. The Morgan fingerprint density at radius 2 is 2.20 bits per heavy atom. The Bertz CT molecular complexity index is 426. The van der Waals surface area contributed by atoms with Gasteiger partial charge in [0.2, 0.25) is 5.88 Å². The van der Waals surface area contributed by atoms with Gasteiger partial charge in [-0.1, -0.05) is 13.3 Å². The predicted molar refractivity (Wildman–Crippen MR) is 79.0 cm³/mol. The molecule has 5 nitrogen and oxygen atoms in total. The van der Waals surface area contributed by atoms with E-state index >= 15 is 0 Å². The summed E-state index contributed by atoms with van der Waals surface area (Å²) < 4.78 is 11.4. The van der Waals surface area contributed by atoms with E-state index in [0.717, 1.165) is 24.6 Å². The minimum Gasteiger partial charge on any atom is -0.474 e. The van der Waals surface area contributed by atoms with Gasteiger partial charge in [-0.15, -0.1) is 0 Å². The summed E-state index contributed by atoms with van der Waals surface area (Å²) in [7, 11) is 1.85. The van der Waals surface area contributed by atoms with Crippen molar-refractivity contribution < 1.29 is 9.47 Å². The molecule has 1 saturated carbocycles. The van der Waals surface area contributed by atoms with E-state index in [1.54, 1.807) is 0 Å². The number of anilines is 1. The Morgan fingerprint density at radius 1 is 1.35 bits per heavy atom. The summed E-state index contributed by atoms with van der Waals surface area (Å²) in [6.07, 6.45) is 5.05. The van der Waals surface area contributed by atoms with Gasteiger partial charge in [0.15, 0.2) is 5.82 Å². The standard InChI is InChI=1S/C15H25N3O2/c1-4-19-10-14-17-13(16-3)9-15(18-14)20-12-7-5-6-11(2)8-12/h9,11-12H,4-8,10H2,1-3H3,(H,16,17,18). The maximum atomic E-state index is 6.04. The van der Waals surface area contributed by atoms with E-state index in [1.807, 2.05) is 20.0 Å². The van der Waals surface area contributed by atoms with Crippen LogP contribution in [0.5, 0.6) is 5.88 Å². The minimum absolute atomic E-state index is 0.276. The van der Waals surface area contributed by atoms with Gasteiger partial charge in [-0.3, -0.25) is 0 Å². The van der Waals surface area contributed by atoms with Gasteiger partial charge in [0.1, 0.15) is 18.5 Å². The monoisotopic (exact) mass is 279 g/mol. The van der Waals surface area contributed by atoms with E-state index in [9.17, 15) is 0 Å². The highest BCUT2D eigenvalue weighted by Crippen LogP contribution is 2.27. The van der Waals surface area contributed by atoms with Crippen molar-refractivity contribution >= 4 is 5.82 Å². The summed E-state index contributed by atoms with van der Waals surface area (Å²) in [5.41, 5.74) is 0. The second kappa shape index (κ2) is 7.43. The molecule has 112 valence electrons. The molecule has 1 aromatic rings. The molecule has 2 unspecified atom stereocenters. The van der Waals surface area contributed by atoms with Crippen LogP contribution in [-0.2, 0) is 11.3 Å². The van der Waals surface area contributed by atoms with Crippen LogP contribution in [0.25, 0.3) is 0 Å². The van der Waals surface area contributed by atoms with E-state index in [-0.39, 0.29) is 6.10 Å². The Morgan fingerprint density at radius 3 is 2.90 bits per heavy atom. The number of hydrogen-bond donors (Lipinski definition) is 1. The summed E-state index contributed by atoms with van der Waals surface area (Å²) in [5, 5.41) is 3.04. The number of aromatic nitrogens is 2. The fourth-order valence-electron chi connectivity index (χ4n) is 2.58. The van der Waals surface area contributed by atoms with Crippen LogP contribution in [0.4, 0.5) is 5.82 Å². The van der Waals surface area contributed by atoms with Crippen LogP contribution in [0.3, 0.4) is 0 Å². The molecule has 2 rings (SSSR count). The zero-order chi connectivity index (χ0) is 14.4. The largest absolute Gasteiger partial charge is 0.474 e. The highest BCUT2D eigenvalue weighted by Gasteiger charge is 2.21. The molecule has 0 amide bonds. The van der Waals surface area contributed by atoms with Gasteiger partial charge in [-0.25, -0.2) is 4.98 Å². The van der Waals surface area contributed by atoms with E-state index in [1.165, 1.54) is 12.8 Å². The van der Waals surface area contributed by atoms with Crippen LogP contribution in [0.15, 0.2) is 6.07 Å². The van der Waals surface area contributed by atoms with Gasteiger partial charge in [-0.2, -0.15) is 4.98 Å². The van der Waals surface area contributed by atoms with Crippen LogP contribution in [-0.4, -0.2) is 29.7 Å². The van der Waals surface area contributed by atoms with Crippen LogP contribution in [0.1, 0.15) is 45.4 Å². The fourth-order valence-corrected chi connectivity index (χ4v) is 2.58. The zero-order valence-corrected chi connectivity index (χ0v) is 12.7. The number of nitrogens with zero attached hydrogens (tertiary/aromatic N) is 2. The third-order valence-electron chi connectivity index (χ3n) is 3.62. The summed E-state index contributed by atoms with van der Waals surface area (Å²) >= 11 is 0. The van der Waals surface area contributed by atoms with Gasteiger partial charge in [0.25, 0.3) is 0 Å². The van der Waals surface area contributed by atoms with E-state index in [0.29, 0.717) is 24.9 Å². The van der Waals surface area contributed by atoms with E-state index in [4.69, 9.17) is 9.47 Å². The van der Waals surface area contributed by atoms with Crippen molar-refractivity contribution in [3.05, 3.63) is 11.9 Å². The Balaban J connectivity index is 2.05. The molecule has 5 heteroatoms. The van der Waals surface area contributed by atoms with Crippen molar-refractivity contribution in [1.82, 2.24) is 9.97 Å². The fraction of sp³-hybridized carbons (Fsp3) is 0.733. The molecule has 1 aliphatic carbocycles. The smallest absolute Gasteiger partial charge is 0.219 e. The quantitative estimate of drug-likeness (QED) is 0.867. The lowest BCUT2D eigenvalue weighted by atomic mass is 9.89. The van der Waals surface area contributed by atoms with Crippen molar-refractivity contribution in [2.45, 2.75) is 52.2 Å². The van der Waals surface area contributed by atoms with Gasteiger partial charge in [0, 0.05) is 19.7 Å². The molecule has 2 atom stereocenters. The molecule has 0 radical (unpaired) electrons. The number of rotatable bonds is 6. The predicted octanol–water partition coefficient (Wildman–Crippen LogP) is 3.01. The molecule has 0 spiro atoms. The van der Waals surface area contributed by atoms with Crippen molar-refractivity contribution in [1.29, 1.82) is 0 Å². The Hall–Kier alpha value is -1.36. The van der Waals surface area contributed by atoms with Crippen molar-refractivity contribution in [3.8, 4) is 5.88 Å². The van der Waals surface area contributed by atoms with E-state index in [2.05, 4.69) is 22.2 Å². The maximum Gasteiger partial charge on any atom is 0.219 e. The normalized spacial score (nSPS) is 22.6. The molecule has 1 N–H and O–H groups in total. The van der Waals surface area contributed by atoms with Crippen LogP contribution >= 0.6 is 0 Å². The van der Waals surface area contributed by atoms with Crippen LogP contribution in [0.2, 0.25) is 0 Å². The number of hydrogen-bond acceptors (Lipinski definition) is 5. The topological polar surface area (TPSA) is 56.3 Å². The number of ether oxygens (including phenoxy) is 2. The lowest BCUT2D eigenvalue weighted by molar-refractivity contribution is 0.115. The first-order valence-electron chi connectivity index (χ1n) is 7.51. The molecule has 1 aliphatic rings. The second-order valence-corrected chi connectivity index (χ2v) is 5.41. The highest BCUT2D eigenvalue weighted by atomic mass is 16.5. The first-order chi connectivity index (χ1) is 9.71. The van der Waals surface area contributed by atoms with Crippen molar-refractivity contribution in [2.24, 2.45) is 5.92 Å². The van der Waals surface area contributed by atoms with Gasteiger partial charge in [0.05, 0.1) is 0 Å². The second-order valence-electron chi connectivity index (χ2n) is 5.41. The molecule has 0 bridgehead atoms. The molecule has 0 saturated heterocycles. The summed E-state index contributed by atoms with van der Waals surface area (Å²) in [5.74, 6) is 2.83. The zero-order valence-electron chi connectivity index (χ0n) is 12.7. The SMILES string of the molecule is CCOCc1nc(NC)cc(OC2CCCC(C)C2)n1. The highest BCUT2D eigenvalue weighted by molar-refractivity contribution is 5.37. The lowest BCUT2D eigenvalue weighted by Crippen LogP contribution is -2.24. The van der Waals surface area contributed by atoms with E-state index < -0.39 is 0 Å². The van der Waals surface area contributed by atoms with Gasteiger partial charge < -0.3 is 14.8 Å². The average Bonchev–Trinajstić information content (AvgIpc) is 2.45. The summed E-state index contributed by atoms with van der Waals surface area (Å²) in [6, 6.07) is 1.86. The summed E-state index contributed by atoms with van der Waals surface area (Å²) in [6.45, 7) is 5.32. The van der Waals surface area contributed by atoms with Crippen molar-refractivity contribution in [3.63, 3.8) is 0 Å². The Labute approximate surface area is 121 Å². The first kappa shape index (κ1) is 15.0. The molecule has 0 aromatic carbocycles. The average molecular weight is 279 g/mol. The molecular formula is C15H25N3O2. The summed E-state index contributed by atoms with van der Waals surface area (Å²) in [4.78, 5) is 8.81. The molecule has 20 heavy (non-hydrogen) atoms. The van der Waals surface area contributed by atoms with Gasteiger partial charge >= 0.3 is 0 Å². The van der Waals surface area contributed by atoms with Crippen LogP contribution in [0, 0.1) is 5.92 Å². The Kier molecular flexibility index (Phi) is 5.59. The molecule has 1 fully saturated rings. The maximum absolute atomic E-state index is 6.04. The third-order valence-corrected chi connectivity index (χ3v) is 3.62. The van der Waals surface area contributed by atoms with Crippen LogP contribution < -0.4 is 10.1 Å². The van der Waals surface area contributed by atoms with Gasteiger partial charge in [-0.05, 0) is 32.1 Å².